The number of nitrogens with zero attached hydrogens (tertiary/aromatic N) is 4. The van der Waals surface area contributed by atoms with Gasteiger partial charge in [-0.3, -0.25) is 29.3 Å². The Morgan fingerprint density at radius 3 is 2.43 bits per heavy atom. The van der Waals surface area contributed by atoms with E-state index in [9.17, 15) is 14.4 Å². The average molecular weight is 660 g/mol. The molecule has 11 heteroatoms. The van der Waals surface area contributed by atoms with Crippen LogP contribution in [0, 0.1) is 5.41 Å². The summed E-state index contributed by atoms with van der Waals surface area (Å²) in [6.45, 7) is 12.8. The summed E-state index contributed by atoms with van der Waals surface area (Å²) in [5.74, 6) is 0.865. The van der Waals surface area contributed by atoms with Crippen LogP contribution in [0.25, 0.3) is 10.9 Å². The van der Waals surface area contributed by atoms with Gasteiger partial charge in [0.05, 0.1) is 24.2 Å². The highest BCUT2D eigenvalue weighted by molar-refractivity contribution is 6.31. The number of piperazine rings is 1. The highest BCUT2D eigenvalue weighted by Gasteiger charge is 2.23. The number of nitrogens with two attached hydrogens (primary N) is 1. The maximum Gasteiger partial charge on any atom is 0.252 e. The van der Waals surface area contributed by atoms with Gasteiger partial charge in [-0.1, -0.05) is 38.4 Å². The van der Waals surface area contributed by atoms with Crippen LogP contribution in [0.2, 0.25) is 5.02 Å². The molecule has 0 aliphatic carbocycles. The molecule has 2 aromatic carbocycles. The fourth-order valence-corrected chi connectivity index (χ4v) is 5.97. The van der Waals surface area contributed by atoms with Crippen molar-refractivity contribution in [2.45, 2.75) is 47.0 Å². The summed E-state index contributed by atoms with van der Waals surface area (Å²) < 4.78 is 12.2. The predicted molar refractivity (Wildman–Crippen MR) is 184 cm³/mol. The number of rotatable bonds is 12. The number of aliphatic imine (C=N–C) groups is 1. The van der Waals surface area contributed by atoms with E-state index in [4.69, 9.17) is 26.8 Å². The van der Waals surface area contributed by atoms with Crippen molar-refractivity contribution in [1.29, 1.82) is 0 Å². The largest absolute Gasteiger partial charge is 0.493 e. The number of Topliss-reactive ketones (excluding diaryl/α,β-unsaturated/α-hetero) is 1. The first kappa shape index (κ1) is 34.1. The standard InChI is InChI=1S/C36H42ClN5O5/c1-23(43)42-13-11-41(12-14-42)10-5-15-46-33-21-31-28(20-29(33)35(38)45)32(8-9-39-31)47-27-7-6-25(30(37)19-27)18-26(44)16-24-17-34(40-22-24)36(2,3)4/h6-9,17,19-21H,5,10-16,18,22H2,1-4H3,(H2,38,45). The van der Waals surface area contributed by atoms with Crippen LogP contribution in [0.1, 0.15) is 56.5 Å². The smallest absolute Gasteiger partial charge is 0.252 e. The highest BCUT2D eigenvalue weighted by Crippen LogP contribution is 2.35. The molecule has 0 bridgehead atoms. The summed E-state index contributed by atoms with van der Waals surface area (Å²) in [7, 11) is 0. The van der Waals surface area contributed by atoms with Gasteiger partial charge in [0.25, 0.3) is 5.91 Å². The Morgan fingerprint density at radius 2 is 1.77 bits per heavy atom. The van der Waals surface area contributed by atoms with Crippen LogP contribution in [0.5, 0.6) is 17.2 Å². The van der Waals surface area contributed by atoms with E-state index in [0.29, 0.717) is 52.7 Å². The van der Waals surface area contributed by atoms with Crippen LogP contribution in [0.15, 0.2) is 59.2 Å². The van der Waals surface area contributed by atoms with Gasteiger partial charge in [0.15, 0.2) is 0 Å². The number of aromatic nitrogens is 1. The lowest BCUT2D eigenvalue weighted by Gasteiger charge is -2.34. The maximum absolute atomic E-state index is 12.8. The number of amides is 2. The van der Waals surface area contributed by atoms with Crippen molar-refractivity contribution in [3.8, 4) is 17.2 Å². The molecule has 1 saturated heterocycles. The molecule has 5 rings (SSSR count). The first-order valence-electron chi connectivity index (χ1n) is 15.9. The summed E-state index contributed by atoms with van der Waals surface area (Å²) in [6, 6.07) is 10.3. The van der Waals surface area contributed by atoms with E-state index >= 15 is 0 Å². The van der Waals surface area contributed by atoms with Gasteiger partial charge in [0, 0.05) is 86.3 Å². The minimum Gasteiger partial charge on any atom is -0.493 e. The van der Waals surface area contributed by atoms with E-state index in [0.717, 1.165) is 56.0 Å². The fraction of sp³-hybridized carbons (Fsp3) is 0.417. The van der Waals surface area contributed by atoms with Crippen molar-refractivity contribution in [1.82, 2.24) is 14.8 Å². The van der Waals surface area contributed by atoms with Gasteiger partial charge in [-0.25, -0.2) is 0 Å². The minimum atomic E-state index is -0.622. The molecule has 0 atom stereocenters. The van der Waals surface area contributed by atoms with E-state index in [-0.39, 0.29) is 29.1 Å². The lowest BCUT2D eigenvalue weighted by Crippen LogP contribution is -2.48. The number of fused-ring (bicyclic) bond motifs is 1. The van der Waals surface area contributed by atoms with Crippen molar-refractivity contribution in [2.75, 3.05) is 45.9 Å². The van der Waals surface area contributed by atoms with Gasteiger partial charge in [-0.2, -0.15) is 0 Å². The number of carbonyl (C=O) groups is 3. The summed E-state index contributed by atoms with van der Waals surface area (Å²) in [6.07, 6.45) is 4.96. The van der Waals surface area contributed by atoms with E-state index in [1.807, 2.05) is 11.0 Å². The number of ketones is 1. The zero-order valence-electron chi connectivity index (χ0n) is 27.5. The van der Waals surface area contributed by atoms with Crippen molar-refractivity contribution in [3.05, 3.63) is 70.4 Å². The Labute approximate surface area is 280 Å². The normalized spacial score (nSPS) is 15.4. The highest BCUT2D eigenvalue weighted by atomic mass is 35.5. The van der Waals surface area contributed by atoms with Crippen molar-refractivity contribution in [2.24, 2.45) is 16.1 Å². The van der Waals surface area contributed by atoms with Crippen molar-refractivity contribution in [3.63, 3.8) is 0 Å². The molecule has 2 aliphatic heterocycles. The lowest BCUT2D eigenvalue weighted by molar-refractivity contribution is -0.130. The number of allylic oxidation sites excluding steroid dienone is 1. The predicted octanol–water partition coefficient (Wildman–Crippen LogP) is 5.64. The van der Waals surface area contributed by atoms with Gasteiger partial charge in [0.2, 0.25) is 5.91 Å². The van der Waals surface area contributed by atoms with Crippen molar-refractivity contribution < 1.29 is 23.9 Å². The molecule has 10 nitrogen and oxygen atoms in total. The van der Waals surface area contributed by atoms with Crippen LogP contribution in [-0.4, -0.2) is 84.0 Å². The molecule has 0 radical (unpaired) electrons. The number of carbonyl (C=O) groups excluding carboxylic acids is 3. The quantitative estimate of drug-likeness (QED) is 0.249. The van der Waals surface area contributed by atoms with Gasteiger partial charge in [0.1, 0.15) is 23.0 Å². The third-order valence-corrected chi connectivity index (χ3v) is 8.74. The Hall–Kier alpha value is -4.28. The van der Waals surface area contributed by atoms with Crippen LogP contribution < -0.4 is 15.2 Å². The number of hydrogen-bond acceptors (Lipinski definition) is 8. The van der Waals surface area contributed by atoms with E-state index in [1.54, 1.807) is 49.5 Å². The number of pyridine rings is 1. The summed E-state index contributed by atoms with van der Waals surface area (Å²) >= 11 is 6.60. The minimum absolute atomic E-state index is 0.0441. The Balaban J connectivity index is 1.21. The summed E-state index contributed by atoms with van der Waals surface area (Å²) in [5, 5.41) is 1.02. The molecule has 3 heterocycles. The monoisotopic (exact) mass is 659 g/mol. The van der Waals surface area contributed by atoms with E-state index in [2.05, 4.69) is 35.6 Å². The second-order valence-electron chi connectivity index (χ2n) is 13.1. The Kier molecular flexibility index (Phi) is 10.6. The molecule has 0 saturated carbocycles. The van der Waals surface area contributed by atoms with Crippen molar-refractivity contribution >= 4 is 45.8 Å². The van der Waals surface area contributed by atoms with Gasteiger partial charge in [-0.05, 0) is 47.9 Å². The molecule has 2 amide bonds. The first-order valence-corrected chi connectivity index (χ1v) is 16.3. The maximum atomic E-state index is 12.8. The average Bonchev–Trinajstić information content (AvgIpc) is 3.50. The molecule has 1 aromatic heterocycles. The SMILES string of the molecule is CC(=O)N1CCN(CCCOc2cc3nccc(Oc4ccc(CC(=O)CC5=CC(C(C)(C)C)=NC5)c(Cl)c4)c3cc2C(N)=O)CC1. The molecule has 3 aromatic rings. The number of benzene rings is 2. The summed E-state index contributed by atoms with van der Waals surface area (Å²) in [5.41, 5.74) is 9.26. The third kappa shape index (κ3) is 8.75. The Morgan fingerprint density at radius 1 is 1.00 bits per heavy atom. The number of ether oxygens (including phenoxy) is 2. The molecule has 0 unspecified atom stereocenters. The molecule has 2 N–H and O–H groups in total. The van der Waals surface area contributed by atoms with Crippen LogP contribution in [0.4, 0.5) is 0 Å². The van der Waals surface area contributed by atoms with Gasteiger partial charge < -0.3 is 20.1 Å². The third-order valence-electron chi connectivity index (χ3n) is 8.39. The number of halogens is 1. The zero-order chi connectivity index (χ0) is 33.7. The molecule has 0 spiro atoms. The zero-order valence-corrected chi connectivity index (χ0v) is 28.2. The molecular formula is C36H42ClN5O5. The topological polar surface area (TPSA) is 127 Å². The van der Waals surface area contributed by atoms with Gasteiger partial charge >= 0.3 is 0 Å². The van der Waals surface area contributed by atoms with E-state index in [1.165, 1.54) is 0 Å². The second-order valence-corrected chi connectivity index (χ2v) is 13.5. The van der Waals surface area contributed by atoms with Crippen LogP contribution >= 0.6 is 11.6 Å². The van der Waals surface area contributed by atoms with Crippen LogP contribution in [-0.2, 0) is 16.0 Å². The molecule has 47 heavy (non-hydrogen) atoms. The molecule has 248 valence electrons. The Bertz CT molecular complexity index is 1740. The number of hydrogen-bond donors (Lipinski definition) is 1. The summed E-state index contributed by atoms with van der Waals surface area (Å²) in [4.78, 5) is 50.0. The fourth-order valence-electron chi connectivity index (χ4n) is 5.73. The molecule has 1 fully saturated rings. The molecular weight excluding hydrogens is 618 g/mol. The van der Waals surface area contributed by atoms with Crippen LogP contribution in [0.3, 0.4) is 0 Å². The van der Waals surface area contributed by atoms with E-state index < -0.39 is 5.91 Å². The van der Waals surface area contributed by atoms with Gasteiger partial charge in [-0.15, -0.1) is 0 Å². The number of primary amides is 1. The first-order chi connectivity index (χ1) is 22.4. The molecule has 2 aliphatic rings. The second kappa shape index (κ2) is 14.6. The lowest BCUT2D eigenvalue weighted by atomic mass is 9.89.